The van der Waals surface area contributed by atoms with Gasteiger partial charge in [0.2, 0.25) is 5.91 Å². The van der Waals surface area contributed by atoms with E-state index in [9.17, 15) is 4.79 Å². The molecule has 0 unspecified atom stereocenters. The first-order valence-corrected chi connectivity index (χ1v) is 6.08. The summed E-state index contributed by atoms with van der Waals surface area (Å²) >= 11 is 5.65. The number of nitrogens with one attached hydrogen (secondary N) is 1. The molecule has 1 aromatic heterocycles. The van der Waals surface area contributed by atoms with Crippen molar-refractivity contribution >= 4 is 17.5 Å². The summed E-state index contributed by atoms with van der Waals surface area (Å²) in [6.45, 7) is 2.35. The summed E-state index contributed by atoms with van der Waals surface area (Å²) in [5, 5.41) is 3.13. The summed E-state index contributed by atoms with van der Waals surface area (Å²) in [6, 6.07) is 11.2. The van der Waals surface area contributed by atoms with Gasteiger partial charge in [0.1, 0.15) is 5.76 Å². The predicted molar refractivity (Wildman–Crippen MR) is 70.4 cm³/mol. The van der Waals surface area contributed by atoms with E-state index in [0.717, 1.165) is 11.1 Å². The Morgan fingerprint density at radius 1 is 1.28 bits per heavy atom. The minimum Gasteiger partial charge on any atom is -0.448 e. The third-order valence-corrected chi connectivity index (χ3v) is 2.90. The average molecular weight is 264 g/mol. The standard InChI is InChI=1S/C14H14ClNO2/c1-10-4-2-3-5-11(10)8-14(17)16-9-12-6-7-13(15)18-12/h2-7H,8-9H2,1H3,(H,16,17). The van der Waals surface area contributed by atoms with E-state index in [-0.39, 0.29) is 5.91 Å². The third kappa shape index (κ3) is 3.37. The second-order valence-corrected chi connectivity index (χ2v) is 4.46. The molecule has 0 spiro atoms. The largest absolute Gasteiger partial charge is 0.448 e. The van der Waals surface area contributed by atoms with Gasteiger partial charge in [0, 0.05) is 0 Å². The van der Waals surface area contributed by atoms with Crippen LogP contribution in [0.1, 0.15) is 16.9 Å². The van der Waals surface area contributed by atoms with Gasteiger partial charge in [0.25, 0.3) is 0 Å². The molecule has 0 radical (unpaired) electrons. The molecule has 3 nitrogen and oxygen atoms in total. The maximum absolute atomic E-state index is 11.8. The van der Waals surface area contributed by atoms with Crippen LogP contribution in [0.4, 0.5) is 0 Å². The van der Waals surface area contributed by atoms with Gasteiger partial charge >= 0.3 is 0 Å². The topological polar surface area (TPSA) is 42.2 Å². The van der Waals surface area contributed by atoms with Gasteiger partial charge in [-0.3, -0.25) is 4.79 Å². The van der Waals surface area contributed by atoms with Gasteiger partial charge in [0.15, 0.2) is 5.22 Å². The van der Waals surface area contributed by atoms with Crippen LogP contribution in [0.5, 0.6) is 0 Å². The minimum absolute atomic E-state index is 0.0307. The molecule has 4 heteroatoms. The van der Waals surface area contributed by atoms with Crippen LogP contribution in [0, 0.1) is 6.92 Å². The van der Waals surface area contributed by atoms with E-state index >= 15 is 0 Å². The molecule has 1 amide bonds. The Labute approximate surface area is 111 Å². The average Bonchev–Trinajstić information content (AvgIpc) is 2.76. The van der Waals surface area contributed by atoms with E-state index in [1.54, 1.807) is 12.1 Å². The van der Waals surface area contributed by atoms with Crippen molar-refractivity contribution in [3.8, 4) is 0 Å². The van der Waals surface area contributed by atoms with Gasteiger partial charge in [-0.15, -0.1) is 0 Å². The zero-order valence-corrected chi connectivity index (χ0v) is 10.8. The first-order valence-electron chi connectivity index (χ1n) is 5.70. The molecule has 18 heavy (non-hydrogen) atoms. The van der Waals surface area contributed by atoms with E-state index < -0.39 is 0 Å². The Kier molecular flexibility index (Phi) is 4.05. The van der Waals surface area contributed by atoms with Crippen LogP contribution in [-0.4, -0.2) is 5.91 Å². The summed E-state index contributed by atoms with van der Waals surface area (Å²) in [7, 11) is 0. The number of rotatable bonds is 4. The number of hydrogen-bond acceptors (Lipinski definition) is 2. The zero-order chi connectivity index (χ0) is 13.0. The summed E-state index contributed by atoms with van der Waals surface area (Å²) < 4.78 is 5.16. The van der Waals surface area contributed by atoms with Crippen molar-refractivity contribution in [1.29, 1.82) is 0 Å². The second-order valence-electron chi connectivity index (χ2n) is 4.09. The molecule has 2 aromatic rings. The highest BCUT2D eigenvalue weighted by molar-refractivity contribution is 6.28. The van der Waals surface area contributed by atoms with E-state index in [2.05, 4.69) is 5.32 Å². The first-order chi connectivity index (χ1) is 8.65. The number of halogens is 1. The highest BCUT2D eigenvalue weighted by atomic mass is 35.5. The van der Waals surface area contributed by atoms with Gasteiger partial charge in [0.05, 0.1) is 13.0 Å². The molecule has 0 bridgehead atoms. The maximum Gasteiger partial charge on any atom is 0.224 e. The number of aryl methyl sites for hydroxylation is 1. The van der Waals surface area contributed by atoms with Crippen molar-refractivity contribution < 1.29 is 9.21 Å². The highest BCUT2D eigenvalue weighted by Gasteiger charge is 2.06. The fraction of sp³-hybridized carbons (Fsp3) is 0.214. The van der Waals surface area contributed by atoms with Crippen molar-refractivity contribution in [2.24, 2.45) is 0 Å². The fourth-order valence-corrected chi connectivity index (χ4v) is 1.84. The molecule has 0 saturated carbocycles. The monoisotopic (exact) mass is 263 g/mol. The van der Waals surface area contributed by atoms with Crippen LogP contribution in [-0.2, 0) is 17.8 Å². The summed E-state index contributed by atoms with van der Waals surface area (Å²) in [4.78, 5) is 11.8. The van der Waals surface area contributed by atoms with Crippen molar-refractivity contribution in [2.45, 2.75) is 19.9 Å². The van der Waals surface area contributed by atoms with Gasteiger partial charge < -0.3 is 9.73 Å². The maximum atomic E-state index is 11.8. The molecule has 1 N–H and O–H groups in total. The van der Waals surface area contributed by atoms with Crippen molar-refractivity contribution in [3.63, 3.8) is 0 Å². The molecule has 2 rings (SSSR count). The molecular weight excluding hydrogens is 250 g/mol. The zero-order valence-electron chi connectivity index (χ0n) is 10.1. The van der Waals surface area contributed by atoms with Crippen molar-refractivity contribution in [1.82, 2.24) is 5.32 Å². The van der Waals surface area contributed by atoms with Crippen molar-refractivity contribution in [2.75, 3.05) is 0 Å². The predicted octanol–water partition coefficient (Wildman–Crippen LogP) is 3.10. The molecule has 0 fully saturated rings. The lowest BCUT2D eigenvalue weighted by atomic mass is 10.1. The number of carbonyl (C=O) groups is 1. The SMILES string of the molecule is Cc1ccccc1CC(=O)NCc1ccc(Cl)o1. The Morgan fingerprint density at radius 3 is 2.72 bits per heavy atom. The molecule has 0 atom stereocenters. The molecule has 0 aliphatic rings. The van der Waals surface area contributed by atoms with Gasteiger partial charge in [-0.25, -0.2) is 0 Å². The van der Waals surface area contributed by atoms with E-state index in [1.165, 1.54) is 0 Å². The lowest BCUT2D eigenvalue weighted by Gasteiger charge is -2.06. The highest BCUT2D eigenvalue weighted by Crippen LogP contribution is 2.13. The Balaban J connectivity index is 1.88. The molecule has 0 saturated heterocycles. The lowest BCUT2D eigenvalue weighted by molar-refractivity contribution is -0.120. The second kappa shape index (κ2) is 5.74. The number of hydrogen-bond donors (Lipinski definition) is 1. The fourth-order valence-electron chi connectivity index (χ4n) is 1.68. The van der Waals surface area contributed by atoms with Crippen LogP contribution < -0.4 is 5.32 Å². The van der Waals surface area contributed by atoms with E-state index in [0.29, 0.717) is 23.9 Å². The number of furan rings is 1. The molecule has 1 heterocycles. The van der Waals surface area contributed by atoms with Crippen LogP contribution in [0.15, 0.2) is 40.8 Å². The number of benzene rings is 1. The number of carbonyl (C=O) groups excluding carboxylic acids is 1. The lowest BCUT2D eigenvalue weighted by Crippen LogP contribution is -2.24. The molecule has 0 aliphatic carbocycles. The number of amides is 1. The summed E-state index contributed by atoms with van der Waals surface area (Å²) in [5.74, 6) is 0.620. The van der Waals surface area contributed by atoms with Crippen LogP contribution in [0.2, 0.25) is 5.22 Å². The molecular formula is C14H14ClNO2. The molecule has 94 valence electrons. The smallest absolute Gasteiger partial charge is 0.224 e. The minimum atomic E-state index is -0.0307. The first kappa shape index (κ1) is 12.7. The quantitative estimate of drug-likeness (QED) is 0.921. The van der Waals surface area contributed by atoms with E-state index in [1.807, 2.05) is 31.2 Å². The van der Waals surface area contributed by atoms with Crippen LogP contribution in [0.3, 0.4) is 0 Å². The summed E-state index contributed by atoms with van der Waals surface area (Å²) in [6.07, 6.45) is 0.376. The Bertz CT molecular complexity index is 548. The van der Waals surface area contributed by atoms with Crippen molar-refractivity contribution in [3.05, 3.63) is 58.5 Å². The third-order valence-electron chi connectivity index (χ3n) is 2.70. The van der Waals surface area contributed by atoms with Gasteiger partial charge in [-0.2, -0.15) is 0 Å². The molecule has 1 aromatic carbocycles. The Hall–Kier alpha value is -1.74. The van der Waals surface area contributed by atoms with Crippen LogP contribution >= 0.6 is 11.6 Å². The summed E-state index contributed by atoms with van der Waals surface area (Å²) in [5.41, 5.74) is 2.15. The van der Waals surface area contributed by atoms with Gasteiger partial charge in [-0.1, -0.05) is 24.3 Å². The Morgan fingerprint density at radius 2 is 2.06 bits per heavy atom. The molecule has 0 aliphatic heterocycles. The normalized spacial score (nSPS) is 10.3. The van der Waals surface area contributed by atoms with E-state index in [4.69, 9.17) is 16.0 Å². The van der Waals surface area contributed by atoms with Crippen LogP contribution in [0.25, 0.3) is 0 Å². The van der Waals surface area contributed by atoms with Gasteiger partial charge in [-0.05, 0) is 41.8 Å².